The third-order valence-corrected chi connectivity index (χ3v) is 23.4. The van der Waals surface area contributed by atoms with Crippen LogP contribution in [-0.4, -0.2) is 66.1 Å². The first kappa shape index (κ1) is 75.6. The van der Waals surface area contributed by atoms with Gasteiger partial charge in [-0.2, -0.15) is 0 Å². The minimum Gasteiger partial charge on any atom is -0.461 e. The van der Waals surface area contributed by atoms with Crippen molar-refractivity contribution in [1.29, 1.82) is 0 Å². The smallest absolute Gasteiger partial charge is 0.331 e. The molecule has 0 bridgehead atoms. The Bertz CT molecular complexity index is 5470. The maximum Gasteiger partial charge on any atom is 0.331 e. The highest BCUT2D eigenvalue weighted by Gasteiger charge is 2.25. The molecule has 562 valence electrons. The molecular formula is C93H94N6O10S. The van der Waals surface area contributed by atoms with E-state index < -0.39 is 17.9 Å². The molecular weight excluding hydrogens is 1390 g/mol. The number of carbonyl (C=O) groups excluding carboxylic acids is 6. The quantitative estimate of drug-likeness (QED) is 0.0243. The summed E-state index contributed by atoms with van der Waals surface area (Å²) in [5, 5.41) is 23.0. The van der Waals surface area contributed by atoms with Crippen molar-refractivity contribution in [2.24, 2.45) is 33.2 Å². The van der Waals surface area contributed by atoms with Crippen LogP contribution in [0.2, 0.25) is 0 Å². The Morgan fingerprint density at radius 3 is 1.09 bits per heavy atom. The lowest BCUT2D eigenvalue weighted by Gasteiger charge is -2.11. The minimum atomic E-state index is -0.423. The van der Waals surface area contributed by atoms with E-state index in [4.69, 9.17) is 18.9 Å². The Kier molecular flexibility index (Phi) is 23.8. The largest absolute Gasteiger partial charge is 0.461 e. The Hall–Kier alpha value is -11.2. The zero-order valence-electron chi connectivity index (χ0n) is 63.7. The first-order chi connectivity index (χ1) is 53.6. The van der Waals surface area contributed by atoms with Crippen molar-refractivity contribution in [3.63, 3.8) is 0 Å². The standard InChI is InChI=1S/C35H34N2O3.C29H30N2O4.C29H30N2O3S/c1-3-37-33-19-16-26(32(36-40-23(2)38)18-15-24-9-4-5-10-24)21-30(33)31-22-27(17-20-34(31)37)35(39)29-14-8-12-25-11-6-7-13-28(25)29;1-3-31-26-14-11-21(25(30-35-19(2)32)13-10-20-7-4-5-8-20)17-23(26)24-18-22(12-15-27(24)31)29(33)28-9-6-16-34-28;1-3-31-26-14-11-21(25(30-34-19(2)32)13-10-20-7-4-5-8-20)17-23(26)24-18-22(12-15-27(24)31)29(33)28-9-6-16-35-28/h6-8,11-14,16-17,19-22,24H,3-5,9-10,15,18H2,1-2H3;2*6,9,11-12,14-18,20H,3-5,7-8,10,13H2,1-2H3/b36-32+;2*30-25+. The van der Waals surface area contributed by atoms with Crippen molar-refractivity contribution < 1.29 is 47.7 Å². The molecule has 13 aromatic rings. The number of benzene rings is 8. The van der Waals surface area contributed by atoms with Gasteiger partial charge >= 0.3 is 17.9 Å². The molecule has 0 aliphatic heterocycles. The number of oxime groups is 3. The van der Waals surface area contributed by atoms with Crippen LogP contribution in [-0.2, 0) is 48.5 Å². The molecule has 3 aliphatic rings. The first-order valence-corrected chi connectivity index (χ1v) is 40.1. The van der Waals surface area contributed by atoms with Crippen LogP contribution in [0.1, 0.15) is 221 Å². The summed E-state index contributed by atoms with van der Waals surface area (Å²) in [6, 6.07) is 57.8. The van der Waals surface area contributed by atoms with Crippen LogP contribution in [0.25, 0.3) is 76.2 Å². The highest BCUT2D eigenvalue weighted by molar-refractivity contribution is 7.12. The van der Waals surface area contributed by atoms with Crippen LogP contribution in [0.4, 0.5) is 0 Å². The van der Waals surface area contributed by atoms with Gasteiger partial charge in [0.25, 0.3) is 0 Å². The Morgan fingerprint density at radius 1 is 0.382 bits per heavy atom. The molecule has 0 amide bonds. The third kappa shape index (κ3) is 16.7. The van der Waals surface area contributed by atoms with Gasteiger partial charge in [-0.1, -0.05) is 159 Å². The van der Waals surface area contributed by atoms with Crippen LogP contribution in [0.3, 0.4) is 0 Å². The van der Waals surface area contributed by atoms with E-state index in [1.54, 1.807) is 12.1 Å². The van der Waals surface area contributed by atoms with Gasteiger partial charge in [-0.25, -0.2) is 14.4 Å². The van der Waals surface area contributed by atoms with Gasteiger partial charge in [-0.05, 0) is 202 Å². The first-order valence-electron chi connectivity index (χ1n) is 39.2. The van der Waals surface area contributed by atoms with E-state index in [-0.39, 0.29) is 17.3 Å². The van der Waals surface area contributed by atoms with E-state index in [0.29, 0.717) is 45.8 Å². The molecule has 5 aromatic heterocycles. The minimum absolute atomic E-state index is 0.0147. The molecule has 16 nitrogen and oxygen atoms in total. The number of fused-ring (bicyclic) bond motifs is 10. The fourth-order valence-corrected chi connectivity index (χ4v) is 17.7. The summed E-state index contributed by atoms with van der Waals surface area (Å²) in [7, 11) is 0. The van der Waals surface area contributed by atoms with E-state index >= 15 is 0 Å². The van der Waals surface area contributed by atoms with Crippen LogP contribution in [0.15, 0.2) is 207 Å². The lowest BCUT2D eigenvalue weighted by atomic mass is 9.95. The number of aromatic nitrogens is 3. The molecule has 0 atom stereocenters. The van der Waals surface area contributed by atoms with Gasteiger partial charge in [-0.15, -0.1) is 11.3 Å². The second-order valence-electron chi connectivity index (χ2n) is 29.5. The summed E-state index contributed by atoms with van der Waals surface area (Å²) in [5.74, 6) is 1.12. The monoisotopic (exact) mass is 1490 g/mol. The topological polar surface area (TPSA) is 195 Å². The van der Waals surface area contributed by atoms with Crippen molar-refractivity contribution in [3.8, 4) is 0 Å². The summed E-state index contributed by atoms with van der Waals surface area (Å²) in [6.45, 7) is 13.0. The van der Waals surface area contributed by atoms with Gasteiger partial charge in [0.2, 0.25) is 11.6 Å². The summed E-state index contributed by atoms with van der Waals surface area (Å²) >= 11 is 1.46. The van der Waals surface area contributed by atoms with E-state index in [1.165, 1.54) is 115 Å². The number of furan rings is 1. The van der Waals surface area contributed by atoms with Crippen molar-refractivity contribution in [3.05, 3.63) is 237 Å². The molecule has 3 aliphatic carbocycles. The van der Waals surface area contributed by atoms with E-state index in [1.807, 2.05) is 109 Å². The van der Waals surface area contributed by atoms with Crippen molar-refractivity contribution >= 4 is 140 Å². The van der Waals surface area contributed by atoms with Gasteiger partial charge in [0.15, 0.2) is 11.5 Å². The Morgan fingerprint density at radius 2 is 0.736 bits per heavy atom. The second-order valence-corrected chi connectivity index (χ2v) is 30.5. The van der Waals surface area contributed by atoms with Gasteiger partial charge < -0.3 is 32.6 Å². The Labute approximate surface area is 644 Å². The Balaban J connectivity index is 0.000000138. The van der Waals surface area contributed by atoms with Crippen LogP contribution < -0.4 is 0 Å². The fourth-order valence-electron chi connectivity index (χ4n) is 17.0. The lowest BCUT2D eigenvalue weighted by Crippen LogP contribution is -2.07. The van der Waals surface area contributed by atoms with Gasteiger partial charge in [0, 0.05) is 145 Å². The van der Waals surface area contributed by atoms with Gasteiger partial charge in [0.1, 0.15) is 0 Å². The molecule has 0 unspecified atom stereocenters. The molecule has 0 radical (unpaired) electrons. The van der Waals surface area contributed by atoms with Crippen LogP contribution in [0.5, 0.6) is 0 Å². The van der Waals surface area contributed by atoms with E-state index in [2.05, 4.69) is 111 Å². The summed E-state index contributed by atoms with van der Waals surface area (Å²) < 4.78 is 12.1. The number of carbonyl (C=O) groups is 6. The van der Waals surface area contributed by atoms with Gasteiger partial charge in [0.05, 0.1) is 28.3 Å². The van der Waals surface area contributed by atoms with Crippen LogP contribution in [0, 0.1) is 17.8 Å². The summed E-state index contributed by atoms with van der Waals surface area (Å²) in [6.07, 6.45) is 22.3. The molecule has 0 N–H and O–H groups in total. The second kappa shape index (κ2) is 34.6. The number of thiophene rings is 1. The molecule has 3 fully saturated rings. The predicted octanol–water partition coefficient (Wildman–Crippen LogP) is 22.7. The highest BCUT2D eigenvalue weighted by atomic mass is 32.1. The molecule has 16 rings (SSSR count). The molecule has 8 aromatic carbocycles. The molecule has 17 heteroatoms. The summed E-state index contributed by atoms with van der Waals surface area (Å²) in [5.41, 5.74) is 14.5. The molecule has 5 heterocycles. The normalized spacial score (nSPS) is 14.6. The van der Waals surface area contributed by atoms with Crippen molar-refractivity contribution in [1.82, 2.24) is 13.7 Å². The number of nitrogens with zero attached hydrogens (tertiary/aromatic N) is 6. The molecule has 0 spiro atoms. The van der Waals surface area contributed by atoms with Crippen LogP contribution >= 0.6 is 11.3 Å². The number of hydrogen-bond acceptors (Lipinski definition) is 14. The molecule has 110 heavy (non-hydrogen) atoms. The average Bonchev–Trinajstić information content (AvgIpc) is 1.61. The van der Waals surface area contributed by atoms with Crippen molar-refractivity contribution in [2.75, 3.05) is 0 Å². The van der Waals surface area contributed by atoms with Gasteiger partial charge in [-0.3, -0.25) is 14.4 Å². The van der Waals surface area contributed by atoms with Crippen molar-refractivity contribution in [2.45, 2.75) is 177 Å². The number of hydrogen-bond donors (Lipinski definition) is 0. The van der Waals surface area contributed by atoms with E-state index in [0.717, 1.165) is 173 Å². The number of ketones is 3. The van der Waals surface area contributed by atoms with E-state index in [9.17, 15) is 28.8 Å². The SMILES string of the molecule is CCn1c2ccc(C(=O)c3cccc4ccccc34)cc2c2cc(/C(CCC3CCCC3)=N/OC(C)=O)ccc21.CCn1c2ccc(C(=O)c3ccco3)cc2c2cc(/C(CCC3CCCC3)=N/OC(C)=O)ccc21.CCn1c2ccc(C(=O)c3cccs3)cc2c2cc(/C(CCC3CCCC3)=N/OC(C)=O)ccc21. The predicted molar refractivity (Wildman–Crippen MR) is 441 cm³/mol. The number of aryl methyl sites for hydroxylation is 3. The highest BCUT2D eigenvalue weighted by Crippen LogP contribution is 2.39. The summed E-state index contributed by atoms with van der Waals surface area (Å²) in [4.78, 5) is 90.4. The molecule has 3 saturated carbocycles. The molecule has 0 saturated heterocycles. The zero-order valence-corrected chi connectivity index (χ0v) is 64.5. The average molecular weight is 1490 g/mol. The maximum atomic E-state index is 13.8. The zero-order chi connectivity index (χ0) is 76.4. The number of rotatable bonds is 24. The fraction of sp³-hybridized carbons (Fsp3) is 0.323. The lowest BCUT2D eigenvalue weighted by molar-refractivity contribution is -0.141. The third-order valence-electron chi connectivity index (χ3n) is 22.5. The maximum absolute atomic E-state index is 13.8.